The summed E-state index contributed by atoms with van der Waals surface area (Å²) in [6.07, 6.45) is 2.16. The Balaban J connectivity index is 1.77. The Morgan fingerprint density at radius 1 is 1.20 bits per heavy atom. The molecule has 12 heteroatoms. The van der Waals surface area contributed by atoms with Crippen LogP contribution in [0.3, 0.4) is 0 Å². The molecule has 2 N–H and O–H groups in total. The number of aryl methyl sites for hydroxylation is 1. The average molecular weight is 423 g/mol. The molecule has 0 saturated carbocycles. The Kier molecular flexibility index (Phi) is 7.11. The molecule has 11 nitrogen and oxygen atoms in total. The molecule has 2 fully saturated rings. The van der Waals surface area contributed by atoms with Gasteiger partial charge in [-0.15, -0.1) is 0 Å². The minimum Gasteiger partial charge on any atom is -0.498 e. The number of aliphatic hydroxyl groups is 1. The van der Waals surface area contributed by atoms with Crippen LogP contribution in [0.2, 0.25) is 6.32 Å². The molecule has 0 spiro atoms. The monoisotopic (exact) mass is 423 g/mol. The number of aromatic nitrogens is 2. The van der Waals surface area contributed by atoms with Gasteiger partial charge < -0.3 is 19.2 Å². The summed E-state index contributed by atoms with van der Waals surface area (Å²) in [5.41, 5.74) is -0.798. The Morgan fingerprint density at radius 2 is 1.87 bits per heavy atom. The van der Waals surface area contributed by atoms with E-state index in [9.17, 15) is 24.3 Å². The highest BCUT2D eigenvalue weighted by molar-refractivity contribution is 6.49. The fraction of sp³-hybridized carbons (Fsp3) is 0.667. The fourth-order valence-electron chi connectivity index (χ4n) is 3.74. The average Bonchev–Trinajstić information content (AvgIpc) is 3.11. The van der Waals surface area contributed by atoms with Gasteiger partial charge in [0.05, 0.1) is 25.8 Å². The zero-order valence-electron chi connectivity index (χ0n) is 17.0. The van der Waals surface area contributed by atoms with Crippen LogP contribution in [0.1, 0.15) is 38.0 Å². The minimum absolute atomic E-state index is 0.172. The van der Waals surface area contributed by atoms with Crippen LogP contribution in [-0.2, 0) is 23.6 Å². The molecule has 0 aromatic carbocycles. The molecule has 1 aromatic heterocycles. The second-order valence-corrected chi connectivity index (χ2v) is 7.55. The molecule has 0 radical (unpaired) electrons. The third kappa shape index (κ3) is 5.00. The first kappa shape index (κ1) is 22.3. The van der Waals surface area contributed by atoms with Crippen molar-refractivity contribution in [2.24, 2.45) is 0 Å². The number of hydrogen-bond donors (Lipinski definition) is 2. The topological polar surface area (TPSA) is 140 Å². The second kappa shape index (κ2) is 9.58. The molecular weight excluding hydrogens is 397 g/mol. The van der Waals surface area contributed by atoms with Gasteiger partial charge in [0.2, 0.25) is 0 Å². The van der Waals surface area contributed by atoms with E-state index >= 15 is 0 Å². The van der Waals surface area contributed by atoms with Crippen LogP contribution < -0.4 is 11.2 Å². The van der Waals surface area contributed by atoms with Gasteiger partial charge in [-0.3, -0.25) is 28.8 Å². The number of ether oxygens (including phenoxy) is 1. The van der Waals surface area contributed by atoms with Crippen molar-refractivity contribution in [1.29, 1.82) is 0 Å². The van der Waals surface area contributed by atoms with Crippen molar-refractivity contribution >= 4 is 19.1 Å². The number of H-pyrrole nitrogens is 1. The standard InChI is InChI=1S/C18H26BN3O8/c1-3-4-5-19-29-15(24)8-21(9-16(25)30-19)12-6-14(28-13(12)10-23)22-7-11(2)17(26)20-18(22)27/h7,12-14,23H,3-6,8-10H2,1-2H3,(H,20,26,27)/t12-,13+,14+/m0/s1. The molecule has 164 valence electrons. The van der Waals surface area contributed by atoms with E-state index in [4.69, 9.17) is 14.0 Å². The van der Waals surface area contributed by atoms with Crippen molar-refractivity contribution in [3.8, 4) is 0 Å². The number of aromatic amines is 1. The maximum Gasteiger partial charge on any atom is 0.598 e. The molecule has 2 aliphatic rings. The molecule has 1 aromatic rings. The predicted molar refractivity (Wildman–Crippen MR) is 105 cm³/mol. The van der Waals surface area contributed by atoms with Gasteiger partial charge in [-0.2, -0.15) is 0 Å². The van der Waals surface area contributed by atoms with Crippen LogP contribution in [-0.4, -0.2) is 70.5 Å². The molecule has 0 unspecified atom stereocenters. The lowest BCUT2D eigenvalue weighted by Gasteiger charge is -2.31. The summed E-state index contributed by atoms with van der Waals surface area (Å²) in [6, 6.07) is -0.536. The molecule has 3 rings (SSSR count). The number of hydrogen-bond acceptors (Lipinski definition) is 9. The van der Waals surface area contributed by atoms with Crippen molar-refractivity contribution < 1.29 is 28.7 Å². The van der Waals surface area contributed by atoms with Crippen LogP contribution in [0, 0.1) is 6.92 Å². The summed E-state index contributed by atoms with van der Waals surface area (Å²) in [4.78, 5) is 52.2. The van der Waals surface area contributed by atoms with Crippen LogP contribution >= 0.6 is 0 Å². The van der Waals surface area contributed by atoms with Gasteiger partial charge in [-0.1, -0.05) is 19.8 Å². The second-order valence-electron chi connectivity index (χ2n) is 7.55. The first-order chi connectivity index (χ1) is 14.3. The number of nitrogens with one attached hydrogen (secondary N) is 1. The third-order valence-corrected chi connectivity index (χ3v) is 5.29. The Hall–Kier alpha value is -2.44. The molecular formula is C18H26BN3O8. The van der Waals surface area contributed by atoms with Crippen molar-refractivity contribution in [3.05, 3.63) is 32.6 Å². The summed E-state index contributed by atoms with van der Waals surface area (Å²) >= 11 is 0. The van der Waals surface area contributed by atoms with E-state index in [1.54, 1.807) is 6.92 Å². The predicted octanol–water partition coefficient (Wildman–Crippen LogP) is -0.816. The van der Waals surface area contributed by atoms with Crippen molar-refractivity contribution in [2.45, 2.75) is 57.8 Å². The van der Waals surface area contributed by atoms with Gasteiger partial charge in [-0.05, 0) is 6.92 Å². The highest BCUT2D eigenvalue weighted by Gasteiger charge is 2.43. The fourth-order valence-corrected chi connectivity index (χ4v) is 3.74. The van der Waals surface area contributed by atoms with E-state index in [0.29, 0.717) is 11.9 Å². The summed E-state index contributed by atoms with van der Waals surface area (Å²) in [7, 11) is -0.893. The van der Waals surface area contributed by atoms with Gasteiger partial charge in [-0.25, -0.2) is 4.79 Å². The van der Waals surface area contributed by atoms with E-state index in [-0.39, 0.29) is 26.1 Å². The number of nitrogens with zero attached hydrogens (tertiary/aromatic N) is 2. The molecule has 3 heterocycles. The minimum atomic E-state index is -0.893. The normalized spacial score (nSPS) is 25.6. The molecule has 0 amide bonds. The number of rotatable bonds is 6. The van der Waals surface area contributed by atoms with Crippen molar-refractivity contribution in [2.75, 3.05) is 19.7 Å². The van der Waals surface area contributed by atoms with Gasteiger partial charge in [0.1, 0.15) is 6.23 Å². The Labute approximate surface area is 173 Å². The van der Waals surface area contributed by atoms with Gasteiger partial charge in [0.15, 0.2) is 0 Å². The smallest absolute Gasteiger partial charge is 0.498 e. The summed E-state index contributed by atoms with van der Waals surface area (Å²) in [6.45, 7) is 2.82. The van der Waals surface area contributed by atoms with E-state index in [1.807, 2.05) is 6.92 Å². The van der Waals surface area contributed by atoms with E-state index in [1.165, 1.54) is 15.7 Å². The number of unbranched alkanes of at least 4 members (excludes halogenated alkanes) is 1. The molecule has 2 saturated heterocycles. The molecule has 0 bridgehead atoms. The van der Waals surface area contributed by atoms with Crippen LogP contribution in [0.15, 0.2) is 15.8 Å². The third-order valence-electron chi connectivity index (χ3n) is 5.29. The lowest BCUT2D eigenvalue weighted by Crippen LogP contribution is -2.51. The first-order valence-corrected chi connectivity index (χ1v) is 10.0. The zero-order valence-corrected chi connectivity index (χ0v) is 17.0. The lowest BCUT2D eigenvalue weighted by atomic mass is 9.82. The highest BCUT2D eigenvalue weighted by atomic mass is 16.6. The highest BCUT2D eigenvalue weighted by Crippen LogP contribution is 2.31. The van der Waals surface area contributed by atoms with Gasteiger partial charge in [0.25, 0.3) is 5.56 Å². The number of carbonyl (C=O) groups is 2. The Bertz CT molecular complexity index is 880. The van der Waals surface area contributed by atoms with Crippen molar-refractivity contribution in [3.63, 3.8) is 0 Å². The molecule has 0 aliphatic carbocycles. The summed E-state index contributed by atoms with van der Waals surface area (Å²) in [5, 5.41) is 9.77. The number of aliphatic hydroxyl groups excluding tert-OH is 1. The van der Waals surface area contributed by atoms with Gasteiger partial charge >= 0.3 is 24.7 Å². The van der Waals surface area contributed by atoms with Crippen LogP contribution in [0.4, 0.5) is 0 Å². The number of carbonyl (C=O) groups excluding carboxylic acids is 2. The van der Waals surface area contributed by atoms with Crippen LogP contribution in [0.5, 0.6) is 0 Å². The van der Waals surface area contributed by atoms with E-state index in [2.05, 4.69) is 4.98 Å². The SMILES string of the molecule is CCCCB1OC(=O)CN([C@H]2C[C@H](n3cc(C)c(=O)[nH]c3=O)O[C@@H]2CO)CC(=O)O1. The quantitative estimate of drug-likeness (QED) is 0.562. The lowest BCUT2D eigenvalue weighted by molar-refractivity contribution is -0.148. The first-order valence-electron chi connectivity index (χ1n) is 10.0. The summed E-state index contributed by atoms with van der Waals surface area (Å²) < 4.78 is 17.6. The maximum atomic E-state index is 12.3. The largest absolute Gasteiger partial charge is 0.598 e. The summed E-state index contributed by atoms with van der Waals surface area (Å²) in [5.74, 6) is -1.08. The van der Waals surface area contributed by atoms with Crippen LogP contribution in [0.25, 0.3) is 0 Å². The molecule has 3 atom stereocenters. The Morgan fingerprint density at radius 3 is 2.47 bits per heavy atom. The van der Waals surface area contributed by atoms with E-state index < -0.39 is 48.7 Å². The molecule has 2 aliphatic heterocycles. The molecule has 30 heavy (non-hydrogen) atoms. The zero-order chi connectivity index (χ0) is 21.8. The maximum absolute atomic E-state index is 12.3. The van der Waals surface area contributed by atoms with Gasteiger partial charge in [0, 0.05) is 30.5 Å². The van der Waals surface area contributed by atoms with Crippen molar-refractivity contribution in [1.82, 2.24) is 14.5 Å². The van der Waals surface area contributed by atoms with E-state index in [0.717, 1.165) is 12.8 Å².